The molecule has 7 nitrogen and oxygen atoms in total. The van der Waals surface area contributed by atoms with Crippen molar-refractivity contribution in [1.82, 2.24) is 15.0 Å². The van der Waals surface area contributed by atoms with Gasteiger partial charge in [0.25, 0.3) is 0 Å². The molecule has 0 aliphatic carbocycles. The van der Waals surface area contributed by atoms with Crippen molar-refractivity contribution in [3.05, 3.63) is 0 Å². The average Bonchev–Trinajstić information content (AvgIpc) is 2.37. The fourth-order valence-corrected chi connectivity index (χ4v) is 2.26. The van der Waals surface area contributed by atoms with Crippen LogP contribution < -0.4 is 20.9 Å². The number of nitrogens with one attached hydrogen (secondary N) is 1. The molecule has 0 unspecified atom stereocenters. The molecule has 2 rings (SSSR count). The lowest BCUT2D eigenvalue weighted by molar-refractivity contribution is 0.222. The molecule has 1 aromatic heterocycles. The zero-order valence-corrected chi connectivity index (χ0v) is 12.3. The number of hydrazine groups is 1. The van der Waals surface area contributed by atoms with E-state index in [1.165, 1.54) is 19.3 Å². The summed E-state index contributed by atoms with van der Waals surface area (Å²) in [5.74, 6) is 6.41. The molecule has 112 valence electrons. The number of anilines is 2. The van der Waals surface area contributed by atoms with Gasteiger partial charge in [0, 0.05) is 13.1 Å². The van der Waals surface area contributed by atoms with E-state index in [-0.39, 0.29) is 6.10 Å². The van der Waals surface area contributed by atoms with Gasteiger partial charge in [0.05, 0.1) is 6.10 Å². The van der Waals surface area contributed by atoms with Gasteiger partial charge in [-0.2, -0.15) is 15.0 Å². The lowest BCUT2D eigenvalue weighted by Gasteiger charge is -2.25. The topological polar surface area (TPSA) is 89.2 Å². The van der Waals surface area contributed by atoms with E-state index in [0.717, 1.165) is 25.9 Å². The molecule has 0 saturated carbocycles. The molecule has 2 heterocycles. The molecule has 1 aliphatic heterocycles. The molecule has 1 aromatic rings. The number of nitrogen functional groups attached to an aromatic ring is 1. The maximum Gasteiger partial charge on any atom is 0.323 e. The fraction of sp³-hybridized carbons (Fsp3) is 0.769. The number of hydrogen-bond donors (Lipinski definition) is 2. The van der Waals surface area contributed by atoms with Crippen LogP contribution in [-0.2, 0) is 0 Å². The molecular formula is C13H24N6O. The summed E-state index contributed by atoms with van der Waals surface area (Å²) in [6, 6.07) is 0.319. The second kappa shape index (κ2) is 7.23. The van der Waals surface area contributed by atoms with Gasteiger partial charge in [0.15, 0.2) is 0 Å². The van der Waals surface area contributed by atoms with Crippen LogP contribution in [0.25, 0.3) is 0 Å². The summed E-state index contributed by atoms with van der Waals surface area (Å²) < 4.78 is 5.56. The lowest BCUT2D eigenvalue weighted by atomic mass is 10.1. The van der Waals surface area contributed by atoms with Gasteiger partial charge >= 0.3 is 6.01 Å². The third kappa shape index (κ3) is 4.19. The van der Waals surface area contributed by atoms with Crippen LogP contribution >= 0.6 is 0 Å². The van der Waals surface area contributed by atoms with Gasteiger partial charge in [0.2, 0.25) is 11.9 Å². The molecule has 20 heavy (non-hydrogen) atoms. The highest BCUT2D eigenvalue weighted by Crippen LogP contribution is 2.19. The maximum atomic E-state index is 5.56. The first-order valence-corrected chi connectivity index (χ1v) is 7.33. The first-order chi connectivity index (χ1) is 9.69. The standard InChI is InChI=1S/C13H24N6O/c1-10(2)20-13-16-11(18-14)15-12(17-13)19-8-6-4-3-5-7-9-19/h10H,3-9,14H2,1-2H3,(H,15,16,17,18). The smallest absolute Gasteiger partial charge is 0.323 e. The van der Waals surface area contributed by atoms with Crippen LogP contribution in [0.3, 0.4) is 0 Å². The minimum atomic E-state index is 0.0169. The van der Waals surface area contributed by atoms with Gasteiger partial charge in [0.1, 0.15) is 0 Å². The molecule has 1 saturated heterocycles. The van der Waals surface area contributed by atoms with Gasteiger partial charge in [-0.25, -0.2) is 5.84 Å². The van der Waals surface area contributed by atoms with Crippen LogP contribution in [0.5, 0.6) is 6.01 Å². The van der Waals surface area contributed by atoms with E-state index in [9.17, 15) is 0 Å². The van der Waals surface area contributed by atoms with E-state index >= 15 is 0 Å². The summed E-state index contributed by atoms with van der Waals surface area (Å²) in [4.78, 5) is 15.1. The van der Waals surface area contributed by atoms with Crippen molar-refractivity contribution in [2.75, 3.05) is 23.4 Å². The van der Waals surface area contributed by atoms with Gasteiger partial charge in [-0.3, -0.25) is 5.43 Å². The summed E-state index contributed by atoms with van der Waals surface area (Å²) in [7, 11) is 0. The molecule has 7 heteroatoms. The van der Waals surface area contributed by atoms with Crippen molar-refractivity contribution < 1.29 is 4.74 Å². The van der Waals surface area contributed by atoms with Crippen LogP contribution in [-0.4, -0.2) is 34.1 Å². The van der Waals surface area contributed by atoms with Crippen LogP contribution in [0.4, 0.5) is 11.9 Å². The summed E-state index contributed by atoms with van der Waals surface area (Å²) in [5.41, 5.74) is 2.48. The van der Waals surface area contributed by atoms with Gasteiger partial charge < -0.3 is 9.64 Å². The predicted molar refractivity (Wildman–Crippen MR) is 78.7 cm³/mol. The highest BCUT2D eigenvalue weighted by molar-refractivity contribution is 5.37. The Kier molecular flexibility index (Phi) is 5.34. The number of ether oxygens (including phenoxy) is 1. The van der Waals surface area contributed by atoms with Crippen molar-refractivity contribution in [1.29, 1.82) is 0 Å². The Morgan fingerprint density at radius 2 is 1.70 bits per heavy atom. The average molecular weight is 280 g/mol. The van der Waals surface area contributed by atoms with E-state index in [4.69, 9.17) is 10.6 Å². The second-order valence-corrected chi connectivity index (χ2v) is 5.31. The van der Waals surface area contributed by atoms with E-state index < -0.39 is 0 Å². The van der Waals surface area contributed by atoms with Crippen molar-refractivity contribution in [3.8, 4) is 6.01 Å². The number of rotatable bonds is 4. The minimum Gasteiger partial charge on any atom is -0.461 e. The Morgan fingerprint density at radius 1 is 1.05 bits per heavy atom. The molecule has 1 fully saturated rings. The molecule has 3 N–H and O–H groups in total. The maximum absolute atomic E-state index is 5.56. The van der Waals surface area contributed by atoms with E-state index in [1.807, 2.05) is 13.8 Å². The Hall–Kier alpha value is -1.63. The van der Waals surface area contributed by atoms with Crippen LogP contribution in [0.15, 0.2) is 0 Å². The van der Waals surface area contributed by atoms with Crippen molar-refractivity contribution in [2.24, 2.45) is 5.84 Å². The molecule has 0 amide bonds. The quantitative estimate of drug-likeness (QED) is 0.641. The second-order valence-electron chi connectivity index (χ2n) is 5.31. The fourth-order valence-electron chi connectivity index (χ4n) is 2.26. The Balaban J connectivity index is 2.19. The Labute approximate surface area is 119 Å². The van der Waals surface area contributed by atoms with Crippen LogP contribution in [0.2, 0.25) is 0 Å². The highest BCUT2D eigenvalue weighted by Gasteiger charge is 2.15. The Morgan fingerprint density at radius 3 is 2.30 bits per heavy atom. The highest BCUT2D eigenvalue weighted by atomic mass is 16.5. The van der Waals surface area contributed by atoms with Crippen molar-refractivity contribution in [2.45, 2.75) is 52.1 Å². The number of aromatic nitrogens is 3. The third-order valence-corrected chi connectivity index (χ3v) is 3.21. The molecule has 0 spiro atoms. The van der Waals surface area contributed by atoms with Crippen molar-refractivity contribution in [3.63, 3.8) is 0 Å². The monoisotopic (exact) mass is 280 g/mol. The van der Waals surface area contributed by atoms with Crippen molar-refractivity contribution >= 4 is 11.9 Å². The van der Waals surface area contributed by atoms with Gasteiger partial charge in [-0.05, 0) is 26.7 Å². The lowest BCUT2D eigenvalue weighted by Crippen LogP contribution is -2.29. The summed E-state index contributed by atoms with van der Waals surface area (Å²) >= 11 is 0. The van der Waals surface area contributed by atoms with E-state index in [2.05, 4.69) is 25.3 Å². The summed E-state index contributed by atoms with van der Waals surface area (Å²) in [5, 5.41) is 0. The van der Waals surface area contributed by atoms with E-state index in [1.54, 1.807) is 0 Å². The number of nitrogens with two attached hydrogens (primary N) is 1. The first-order valence-electron chi connectivity index (χ1n) is 7.33. The Bertz CT molecular complexity index is 417. The first kappa shape index (κ1) is 14.8. The summed E-state index contributed by atoms with van der Waals surface area (Å²) in [6.07, 6.45) is 6.19. The third-order valence-electron chi connectivity index (χ3n) is 3.21. The molecule has 0 bridgehead atoms. The normalized spacial score (nSPS) is 16.7. The molecule has 0 atom stereocenters. The molecule has 1 aliphatic rings. The largest absolute Gasteiger partial charge is 0.461 e. The number of nitrogens with zero attached hydrogens (tertiary/aromatic N) is 4. The molecule has 0 aromatic carbocycles. The van der Waals surface area contributed by atoms with Crippen LogP contribution in [0, 0.1) is 0 Å². The van der Waals surface area contributed by atoms with E-state index in [0.29, 0.717) is 17.9 Å². The molecule has 0 radical (unpaired) electrons. The summed E-state index contributed by atoms with van der Waals surface area (Å²) in [6.45, 7) is 5.81. The van der Waals surface area contributed by atoms with Gasteiger partial charge in [-0.15, -0.1) is 0 Å². The number of hydrogen-bond acceptors (Lipinski definition) is 7. The zero-order chi connectivity index (χ0) is 14.4. The van der Waals surface area contributed by atoms with Crippen LogP contribution in [0.1, 0.15) is 46.0 Å². The van der Waals surface area contributed by atoms with Gasteiger partial charge in [-0.1, -0.05) is 19.3 Å². The SMILES string of the molecule is CC(C)Oc1nc(NN)nc(N2CCCCCCC2)n1. The minimum absolute atomic E-state index is 0.0169. The molecular weight excluding hydrogens is 256 g/mol. The zero-order valence-electron chi connectivity index (χ0n) is 12.3. The predicted octanol–water partition coefficient (Wildman–Crippen LogP) is 1.71.